The molecular weight excluding hydrogens is 214 g/mol. The lowest BCUT2D eigenvalue weighted by atomic mass is 10.2. The molecule has 0 aliphatic rings. The molecule has 4 nitrogen and oxygen atoms in total. The van der Waals surface area contributed by atoms with Crippen molar-refractivity contribution in [2.45, 2.75) is 19.9 Å². The lowest BCUT2D eigenvalue weighted by Crippen LogP contribution is -2.00. The van der Waals surface area contributed by atoms with Crippen LogP contribution in [0.2, 0.25) is 0 Å². The average Bonchev–Trinajstić information content (AvgIpc) is 2.85. The standard InChI is InChI=1S/C13H17N3O/c1-2-17-8-4-7-16-10-13(15-11-16)12-5-3-6-14-9-12/h3,5-6,9-11H,2,4,7-8H2,1H3. The van der Waals surface area contributed by atoms with Gasteiger partial charge in [-0.15, -0.1) is 0 Å². The van der Waals surface area contributed by atoms with Gasteiger partial charge in [0.05, 0.1) is 12.0 Å². The van der Waals surface area contributed by atoms with Crippen LogP contribution in [0, 0.1) is 0 Å². The second-order valence-electron chi connectivity index (χ2n) is 3.79. The number of imidazole rings is 1. The first-order valence-corrected chi connectivity index (χ1v) is 5.90. The van der Waals surface area contributed by atoms with Crippen molar-refractivity contribution in [2.75, 3.05) is 13.2 Å². The van der Waals surface area contributed by atoms with E-state index in [-0.39, 0.29) is 0 Å². The molecule has 2 aromatic rings. The third-order valence-electron chi connectivity index (χ3n) is 2.50. The number of ether oxygens (including phenoxy) is 1. The molecule has 0 spiro atoms. The van der Waals surface area contributed by atoms with Gasteiger partial charge in [0.15, 0.2) is 0 Å². The van der Waals surface area contributed by atoms with Crippen molar-refractivity contribution in [1.29, 1.82) is 0 Å². The molecule has 0 amide bonds. The first kappa shape index (κ1) is 11.8. The first-order valence-electron chi connectivity index (χ1n) is 5.90. The number of aryl methyl sites for hydroxylation is 1. The van der Waals surface area contributed by atoms with Crippen LogP contribution in [0.25, 0.3) is 11.3 Å². The Bertz CT molecular complexity index is 439. The number of pyridine rings is 1. The minimum absolute atomic E-state index is 0.783. The zero-order valence-corrected chi connectivity index (χ0v) is 10.0. The van der Waals surface area contributed by atoms with Gasteiger partial charge in [-0.25, -0.2) is 4.98 Å². The number of rotatable bonds is 6. The molecule has 0 N–H and O–H groups in total. The van der Waals surface area contributed by atoms with Crippen LogP contribution in [0.4, 0.5) is 0 Å². The first-order chi connectivity index (χ1) is 8.40. The van der Waals surface area contributed by atoms with Gasteiger partial charge in [0, 0.05) is 43.9 Å². The maximum atomic E-state index is 5.30. The van der Waals surface area contributed by atoms with Crippen molar-refractivity contribution < 1.29 is 4.74 Å². The molecule has 2 aromatic heterocycles. The van der Waals surface area contributed by atoms with E-state index < -0.39 is 0 Å². The van der Waals surface area contributed by atoms with Gasteiger partial charge in [-0.05, 0) is 25.5 Å². The molecule has 0 radical (unpaired) electrons. The highest BCUT2D eigenvalue weighted by Crippen LogP contribution is 2.14. The molecule has 0 bridgehead atoms. The minimum Gasteiger partial charge on any atom is -0.382 e. The highest BCUT2D eigenvalue weighted by atomic mass is 16.5. The molecule has 0 saturated carbocycles. The van der Waals surface area contributed by atoms with Crippen molar-refractivity contribution in [1.82, 2.24) is 14.5 Å². The zero-order valence-electron chi connectivity index (χ0n) is 10.0. The molecule has 2 rings (SSSR count). The predicted molar refractivity (Wildman–Crippen MR) is 66.6 cm³/mol. The van der Waals surface area contributed by atoms with Gasteiger partial charge in [-0.1, -0.05) is 0 Å². The van der Waals surface area contributed by atoms with Crippen molar-refractivity contribution in [3.05, 3.63) is 37.1 Å². The van der Waals surface area contributed by atoms with Crippen LogP contribution in [-0.2, 0) is 11.3 Å². The van der Waals surface area contributed by atoms with Gasteiger partial charge >= 0.3 is 0 Å². The van der Waals surface area contributed by atoms with Gasteiger partial charge in [0.1, 0.15) is 0 Å². The molecule has 0 aliphatic heterocycles. The van der Waals surface area contributed by atoms with E-state index in [9.17, 15) is 0 Å². The molecule has 4 heteroatoms. The van der Waals surface area contributed by atoms with E-state index in [1.165, 1.54) is 0 Å². The van der Waals surface area contributed by atoms with Crippen molar-refractivity contribution in [3.8, 4) is 11.3 Å². The Labute approximate surface area is 101 Å². The molecule has 0 aromatic carbocycles. The predicted octanol–water partition coefficient (Wildman–Crippen LogP) is 2.37. The second kappa shape index (κ2) is 6.15. The summed E-state index contributed by atoms with van der Waals surface area (Å²) in [5.74, 6) is 0. The summed E-state index contributed by atoms with van der Waals surface area (Å²) in [7, 11) is 0. The van der Waals surface area contributed by atoms with E-state index in [2.05, 4.69) is 14.5 Å². The van der Waals surface area contributed by atoms with E-state index in [0.29, 0.717) is 0 Å². The van der Waals surface area contributed by atoms with E-state index >= 15 is 0 Å². The fourth-order valence-electron chi connectivity index (χ4n) is 1.64. The number of hydrogen-bond acceptors (Lipinski definition) is 3. The van der Waals surface area contributed by atoms with Gasteiger partial charge in [0.2, 0.25) is 0 Å². The third-order valence-corrected chi connectivity index (χ3v) is 2.50. The molecule has 0 unspecified atom stereocenters. The average molecular weight is 231 g/mol. The fourth-order valence-corrected chi connectivity index (χ4v) is 1.64. The van der Waals surface area contributed by atoms with Gasteiger partial charge in [0.25, 0.3) is 0 Å². The van der Waals surface area contributed by atoms with Crippen LogP contribution in [-0.4, -0.2) is 27.7 Å². The molecule has 17 heavy (non-hydrogen) atoms. The van der Waals surface area contributed by atoms with E-state index in [1.807, 2.05) is 37.8 Å². The Morgan fingerprint density at radius 1 is 1.41 bits per heavy atom. The highest BCUT2D eigenvalue weighted by Gasteiger charge is 2.01. The number of aromatic nitrogens is 3. The summed E-state index contributed by atoms with van der Waals surface area (Å²) in [5, 5.41) is 0. The van der Waals surface area contributed by atoms with Gasteiger partial charge in [-0.2, -0.15) is 0 Å². The van der Waals surface area contributed by atoms with E-state index in [1.54, 1.807) is 6.20 Å². The maximum Gasteiger partial charge on any atom is 0.0953 e. The summed E-state index contributed by atoms with van der Waals surface area (Å²) in [4.78, 5) is 8.46. The van der Waals surface area contributed by atoms with E-state index in [0.717, 1.165) is 37.4 Å². The van der Waals surface area contributed by atoms with Crippen LogP contribution >= 0.6 is 0 Å². The molecule has 0 fully saturated rings. The smallest absolute Gasteiger partial charge is 0.0953 e. The van der Waals surface area contributed by atoms with Crippen LogP contribution in [0.15, 0.2) is 37.1 Å². The van der Waals surface area contributed by atoms with Crippen LogP contribution in [0.1, 0.15) is 13.3 Å². The minimum atomic E-state index is 0.783. The van der Waals surface area contributed by atoms with Crippen molar-refractivity contribution >= 4 is 0 Å². The van der Waals surface area contributed by atoms with Crippen molar-refractivity contribution in [3.63, 3.8) is 0 Å². The normalized spacial score (nSPS) is 10.6. The topological polar surface area (TPSA) is 39.9 Å². The summed E-state index contributed by atoms with van der Waals surface area (Å²) in [5.41, 5.74) is 2.02. The number of nitrogens with zero attached hydrogens (tertiary/aromatic N) is 3. The van der Waals surface area contributed by atoms with Crippen LogP contribution < -0.4 is 0 Å². The molecule has 0 atom stereocenters. The Morgan fingerprint density at radius 2 is 2.35 bits per heavy atom. The molecular formula is C13H17N3O. The SMILES string of the molecule is CCOCCCn1cnc(-c2cccnc2)c1. The lowest BCUT2D eigenvalue weighted by Gasteiger charge is -2.01. The Balaban J connectivity index is 1.92. The molecule has 2 heterocycles. The Morgan fingerprint density at radius 3 is 3.12 bits per heavy atom. The number of hydrogen-bond donors (Lipinski definition) is 0. The van der Waals surface area contributed by atoms with Crippen LogP contribution in [0.5, 0.6) is 0 Å². The third kappa shape index (κ3) is 3.39. The Kier molecular flexibility index (Phi) is 4.27. The Hall–Kier alpha value is -1.68. The summed E-state index contributed by atoms with van der Waals surface area (Å²) in [6, 6.07) is 3.93. The quantitative estimate of drug-likeness (QED) is 0.716. The van der Waals surface area contributed by atoms with Crippen LogP contribution in [0.3, 0.4) is 0 Å². The summed E-state index contributed by atoms with van der Waals surface area (Å²) < 4.78 is 7.39. The summed E-state index contributed by atoms with van der Waals surface area (Å²) in [6.45, 7) is 4.53. The molecule has 90 valence electrons. The lowest BCUT2D eigenvalue weighted by molar-refractivity contribution is 0.141. The zero-order chi connectivity index (χ0) is 11.9. The van der Waals surface area contributed by atoms with Gasteiger partial charge < -0.3 is 9.30 Å². The molecule has 0 aliphatic carbocycles. The maximum absolute atomic E-state index is 5.30. The molecule has 0 saturated heterocycles. The largest absolute Gasteiger partial charge is 0.382 e. The fraction of sp³-hybridized carbons (Fsp3) is 0.385. The van der Waals surface area contributed by atoms with Gasteiger partial charge in [-0.3, -0.25) is 4.98 Å². The second-order valence-corrected chi connectivity index (χ2v) is 3.79. The monoisotopic (exact) mass is 231 g/mol. The highest BCUT2D eigenvalue weighted by molar-refractivity contribution is 5.56. The van der Waals surface area contributed by atoms with Crippen molar-refractivity contribution in [2.24, 2.45) is 0 Å². The van der Waals surface area contributed by atoms with E-state index in [4.69, 9.17) is 4.74 Å². The summed E-state index contributed by atoms with van der Waals surface area (Å²) in [6.07, 6.45) is 8.50. The summed E-state index contributed by atoms with van der Waals surface area (Å²) >= 11 is 0.